The number of benzene rings is 1. The van der Waals surface area contributed by atoms with Crippen LogP contribution in [0.4, 0.5) is 0 Å². The second-order valence-corrected chi connectivity index (χ2v) is 5.83. The molecule has 0 aliphatic heterocycles. The zero-order chi connectivity index (χ0) is 13.1. The van der Waals surface area contributed by atoms with Gasteiger partial charge in [-0.25, -0.2) is 0 Å². The fourth-order valence-electron chi connectivity index (χ4n) is 1.41. The van der Waals surface area contributed by atoms with Gasteiger partial charge in [-0.2, -0.15) is 0 Å². The molecule has 0 aliphatic carbocycles. The molecule has 2 nitrogen and oxygen atoms in total. The van der Waals surface area contributed by atoms with Crippen molar-refractivity contribution >= 4 is 37.8 Å². The van der Waals surface area contributed by atoms with Crippen LogP contribution in [-0.4, -0.2) is 16.8 Å². The molecule has 0 heterocycles. The van der Waals surface area contributed by atoms with E-state index in [4.69, 9.17) is 0 Å². The van der Waals surface area contributed by atoms with E-state index < -0.39 is 0 Å². The summed E-state index contributed by atoms with van der Waals surface area (Å²) in [5.41, 5.74) is 1.49. The predicted octanol–water partition coefficient (Wildman–Crippen LogP) is 4.05. The minimum Gasteiger partial charge on any atom is -0.346 e. The minimum atomic E-state index is -0.203. The first-order valence-corrected chi connectivity index (χ1v) is 7.48. The highest BCUT2D eigenvalue weighted by molar-refractivity contribution is 9.10. The quantitative estimate of drug-likeness (QED) is 0.804. The third-order valence-electron chi connectivity index (χ3n) is 3.00. The first-order valence-electron chi connectivity index (χ1n) is 5.57. The highest BCUT2D eigenvalue weighted by Gasteiger charge is 2.24. The summed E-state index contributed by atoms with van der Waals surface area (Å²) in [7, 11) is 0. The van der Waals surface area contributed by atoms with Crippen LogP contribution in [0.25, 0.3) is 0 Å². The lowest BCUT2D eigenvalue weighted by molar-refractivity contribution is 0.0912. The van der Waals surface area contributed by atoms with Gasteiger partial charge in [-0.3, -0.25) is 4.79 Å². The molecule has 0 saturated heterocycles. The van der Waals surface area contributed by atoms with Gasteiger partial charge in [-0.05, 0) is 38.0 Å². The number of carbonyl (C=O) groups excluding carboxylic acids is 1. The average molecular weight is 363 g/mol. The zero-order valence-corrected chi connectivity index (χ0v) is 13.5. The average Bonchev–Trinajstić information content (AvgIpc) is 2.32. The Balaban J connectivity index is 2.94. The SMILES string of the molecule is CCC(C)(CBr)NC(=O)c1cccc(Br)c1C. The molecule has 4 heteroatoms. The lowest BCUT2D eigenvalue weighted by Gasteiger charge is -2.27. The summed E-state index contributed by atoms with van der Waals surface area (Å²) in [5.74, 6) is -0.0207. The first kappa shape index (κ1) is 14.7. The van der Waals surface area contributed by atoms with Gasteiger partial charge < -0.3 is 5.32 Å². The molecule has 1 aromatic carbocycles. The van der Waals surface area contributed by atoms with Crippen LogP contribution in [0.15, 0.2) is 22.7 Å². The Kier molecular flexibility index (Phi) is 5.20. The summed E-state index contributed by atoms with van der Waals surface area (Å²) in [6, 6.07) is 5.67. The molecule has 94 valence electrons. The lowest BCUT2D eigenvalue weighted by atomic mass is 10.0. The zero-order valence-electron chi connectivity index (χ0n) is 10.3. The Morgan fingerprint density at radius 2 is 2.12 bits per heavy atom. The molecule has 1 N–H and O–H groups in total. The number of nitrogens with one attached hydrogen (secondary N) is 1. The molecule has 0 bridgehead atoms. The number of carbonyl (C=O) groups is 1. The molecule has 1 aromatic rings. The molecule has 0 aromatic heterocycles. The number of rotatable bonds is 4. The monoisotopic (exact) mass is 361 g/mol. The van der Waals surface area contributed by atoms with Crippen molar-refractivity contribution in [1.29, 1.82) is 0 Å². The van der Waals surface area contributed by atoms with Crippen molar-refractivity contribution in [2.24, 2.45) is 0 Å². The topological polar surface area (TPSA) is 29.1 Å². The molecule has 17 heavy (non-hydrogen) atoms. The van der Waals surface area contributed by atoms with E-state index in [2.05, 4.69) is 44.1 Å². The van der Waals surface area contributed by atoms with Crippen molar-refractivity contribution in [1.82, 2.24) is 5.32 Å². The van der Waals surface area contributed by atoms with Gasteiger partial charge in [-0.1, -0.05) is 44.8 Å². The van der Waals surface area contributed by atoms with E-state index in [1.165, 1.54) is 0 Å². The van der Waals surface area contributed by atoms with E-state index in [9.17, 15) is 4.79 Å². The number of halogens is 2. The maximum absolute atomic E-state index is 12.2. The summed E-state index contributed by atoms with van der Waals surface area (Å²) in [5, 5.41) is 3.82. The standard InChI is InChI=1S/C13H17Br2NO/c1-4-13(3,8-14)16-12(17)10-6-5-7-11(15)9(10)2/h5-7H,4,8H2,1-3H3,(H,16,17). The van der Waals surface area contributed by atoms with E-state index in [-0.39, 0.29) is 11.4 Å². The molecule has 1 atom stereocenters. The Morgan fingerprint density at radius 3 is 2.65 bits per heavy atom. The van der Waals surface area contributed by atoms with Gasteiger partial charge in [0.2, 0.25) is 0 Å². The maximum atomic E-state index is 12.2. The van der Waals surface area contributed by atoms with Gasteiger partial charge in [-0.15, -0.1) is 0 Å². The molecular weight excluding hydrogens is 346 g/mol. The van der Waals surface area contributed by atoms with Crippen LogP contribution < -0.4 is 5.32 Å². The minimum absolute atomic E-state index is 0.0207. The van der Waals surface area contributed by atoms with Gasteiger partial charge in [0.25, 0.3) is 5.91 Å². The second-order valence-electron chi connectivity index (χ2n) is 4.41. The van der Waals surface area contributed by atoms with Crippen molar-refractivity contribution in [2.45, 2.75) is 32.7 Å². The number of amides is 1. The Labute approximate surface area is 119 Å². The summed E-state index contributed by atoms with van der Waals surface area (Å²) in [6.45, 7) is 6.04. The summed E-state index contributed by atoms with van der Waals surface area (Å²) >= 11 is 6.88. The van der Waals surface area contributed by atoms with Crippen molar-refractivity contribution in [3.8, 4) is 0 Å². The van der Waals surface area contributed by atoms with Crippen LogP contribution in [0.3, 0.4) is 0 Å². The molecule has 0 aliphatic rings. The summed E-state index contributed by atoms with van der Waals surface area (Å²) in [6.07, 6.45) is 0.886. The van der Waals surface area contributed by atoms with Crippen LogP contribution in [-0.2, 0) is 0 Å². The Hall–Kier alpha value is -0.350. The van der Waals surface area contributed by atoms with E-state index in [1.807, 2.05) is 32.0 Å². The smallest absolute Gasteiger partial charge is 0.252 e. The van der Waals surface area contributed by atoms with E-state index in [0.717, 1.165) is 27.4 Å². The lowest BCUT2D eigenvalue weighted by Crippen LogP contribution is -2.47. The molecule has 0 radical (unpaired) electrons. The maximum Gasteiger partial charge on any atom is 0.252 e. The van der Waals surface area contributed by atoms with Crippen LogP contribution in [0, 0.1) is 6.92 Å². The molecule has 1 rings (SSSR count). The van der Waals surface area contributed by atoms with Gasteiger partial charge in [0, 0.05) is 20.9 Å². The summed E-state index contributed by atoms with van der Waals surface area (Å²) < 4.78 is 0.960. The first-order chi connectivity index (χ1) is 7.93. The van der Waals surface area contributed by atoms with Gasteiger partial charge in [0.15, 0.2) is 0 Å². The normalized spacial score (nSPS) is 14.2. The van der Waals surface area contributed by atoms with Crippen molar-refractivity contribution in [2.75, 3.05) is 5.33 Å². The van der Waals surface area contributed by atoms with Crippen LogP contribution in [0.2, 0.25) is 0 Å². The molecule has 1 unspecified atom stereocenters. The third kappa shape index (κ3) is 3.55. The molecule has 0 spiro atoms. The van der Waals surface area contributed by atoms with Crippen molar-refractivity contribution < 1.29 is 4.79 Å². The third-order valence-corrected chi connectivity index (χ3v) is 5.10. The van der Waals surface area contributed by atoms with E-state index in [0.29, 0.717) is 0 Å². The molecule has 1 amide bonds. The molecular formula is C13H17Br2NO. The van der Waals surface area contributed by atoms with Crippen molar-refractivity contribution in [3.05, 3.63) is 33.8 Å². The number of hydrogen-bond donors (Lipinski definition) is 1. The molecule has 0 saturated carbocycles. The fourth-order valence-corrected chi connectivity index (χ4v) is 2.31. The summed E-state index contributed by atoms with van der Waals surface area (Å²) in [4.78, 5) is 12.2. The second kappa shape index (κ2) is 6.01. The van der Waals surface area contributed by atoms with Crippen molar-refractivity contribution in [3.63, 3.8) is 0 Å². The van der Waals surface area contributed by atoms with Gasteiger partial charge in [0.05, 0.1) is 0 Å². The van der Waals surface area contributed by atoms with Crippen LogP contribution >= 0.6 is 31.9 Å². The van der Waals surface area contributed by atoms with Gasteiger partial charge >= 0.3 is 0 Å². The van der Waals surface area contributed by atoms with E-state index >= 15 is 0 Å². The van der Waals surface area contributed by atoms with Crippen LogP contribution in [0.5, 0.6) is 0 Å². The Morgan fingerprint density at radius 1 is 1.47 bits per heavy atom. The molecule has 0 fully saturated rings. The fraction of sp³-hybridized carbons (Fsp3) is 0.462. The Bertz CT molecular complexity index is 414. The number of alkyl halides is 1. The van der Waals surface area contributed by atoms with E-state index in [1.54, 1.807) is 0 Å². The largest absolute Gasteiger partial charge is 0.346 e. The highest BCUT2D eigenvalue weighted by atomic mass is 79.9. The van der Waals surface area contributed by atoms with Gasteiger partial charge in [0.1, 0.15) is 0 Å². The highest BCUT2D eigenvalue weighted by Crippen LogP contribution is 2.21. The number of hydrogen-bond acceptors (Lipinski definition) is 1. The van der Waals surface area contributed by atoms with Crippen LogP contribution in [0.1, 0.15) is 36.2 Å². The predicted molar refractivity (Wildman–Crippen MR) is 78.8 cm³/mol.